The van der Waals surface area contributed by atoms with Gasteiger partial charge in [-0.05, 0) is 36.6 Å². The zero-order valence-electron chi connectivity index (χ0n) is 23.1. The molecule has 0 saturated heterocycles. The third kappa shape index (κ3) is 9.30. The largest absolute Gasteiger partial charge is 1.00 e. The number of hydrogen-bond acceptors (Lipinski definition) is 4. The summed E-state index contributed by atoms with van der Waals surface area (Å²) < 4.78 is 40.3. The molecule has 2 heterocycles. The van der Waals surface area contributed by atoms with Crippen molar-refractivity contribution in [2.75, 3.05) is 22.9 Å². The van der Waals surface area contributed by atoms with E-state index in [2.05, 4.69) is 16.8 Å². The summed E-state index contributed by atoms with van der Waals surface area (Å²) in [4.78, 5) is 18.4. The molecule has 1 aromatic rings. The number of unbranched alkanes of at least 4 members (excludes halogenated alkanes) is 13. The number of carbonyl (C=O) groups is 1. The molecular weight excluding hydrogens is 502 g/mol. The molecule has 0 aliphatic carbocycles. The summed E-state index contributed by atoms with van der Waals surface area (Å²) in [7, 11) is 0. The Morgan fingerprint density at radius 1 is 0.921 bits per heavy atom. The topological polar surface area (TPSA) is 59.0 Å². The van der Waals surface area contributed by atoms with Crippen LogP contribution >= 0.6 is 0 Å². The Labute approximate surface area is 247 Å². The van der Waals surface area contributed by atoms with E-state index in [9.17, 15) is 23.1 Å². The predicted octanol–water partition coefficient (Wildman–Crippen LogP) is 4.04. The molecule has 1 amide bonds. The van der Waals surface area contributed by atoms with Crippen molar-refractivity contribution < 1.29 is 52.6 Å². The summed E-state index contributed by atoms with van der Waals surface area (Å²) in [6, 6.07) is 4.91. The number of halogens is 3. The Hall–Kier alpha value is -1.51. The van der Waals surface area contributed by atoms with Gasteiger partial charge in [0.2, 0.25) is 5.84 Å². The van der Waals surface area contributed by atoms with Gasteiger partial charge in [0.15, 0.2) is 0 Å². The van der Waals surface area contributed by atoms with Gasteiger partial charge in [-0.15, -0.1) is 6.26 Å². The van der Waals surface area contributed by atoms with Crippen LogP contribution in [-0.2, 0) is 11.2 Å². The minimum absolute atomic E-state index is 0. The van der Waals surface area contributed by atoms with Crippen LogP contribution in [0.15, 0.2) is 35.2 Å². The first-order valence-corrected chi connectivity index (χ1v) is 14.1. The Kier molecular flexibility index (Phi) is 14.3. The van der Waals surface area contributed by atoms with Crippen LogP contribution in [0.3, 0.4) is 0 Å². The molecule has 206 valence electrons. The number of nitrogens with zero attached hydrogens (tertiary/aromatic N) is 3. The number of benzene rings is 1. The van der Waals surface area contributed by atoms with Crippen molar-refractivity contribution in [3.05, 3.63) is 35.7 Å². The number of alkyl halides is 3. The standard InChI is InChI=1S/C29H42F3N3O2.Na/c1-2-3-4-5-6-7-8-9-10-11-12-13-14-15-19-34-20-18-23-21-24(16-17-26(23)34)35-27(37)25(22-36)33-28(35)29(30,31)32;/h16-17,21-22,36H,2-15,18-20H2,1H3;/q;+1/p-1/b25-22+;. The number of aliphatic imine (C=N–C) groups is 1. The molecule has 0 unspecified atom stereocenters. The summed E-state index contributed by atoms with van der Waals surface area (Å²) in [6.45, 7) is 3.99. The van der Waals surface area contributed by atoms with Gasteiger partial charge in [0, 0.05) is 18.8 Å². The quantitative estimate of drug-likeness (QED) is 0.137. The maximum absolute atomic E-state index is 13.4. The van der Waals surface area contributed by atoms with Crippen molar-refractivity contribution in [1.29, 1.82) is 0 Å². The number of amides is 1. The third-order valence-corrected chi connectivity index (χ3v) is 7.32. The van der Waals surface area contributed by atoms with Gasteiger partial charge < -0.3 is 10.0 Å². The zero-order valence-corrected chi connectivity index (χ0v) is 25.1. The van der Waals surface area contributed by atoms with Crippen molar-refractivity contribution >= 4 is 23.1 Å². The molecule has 9 heteroatoms. The fourth-order valence-electron chi connectivity index (χ4n) is 5.25. The Bertz CT molecular complexity index is 949. The van der Waals surface area contributed by atoms with Crippen LogP contribution < -0.4 is 44.5 Å². The molecule has 0 bridgehead atoms. The third-order valence-electron chi connectivity index (χ3n) is 7.32. The van der Waals surface area contributed by atoms with E-state index >= 15 is 0 Å². The fraction of sp³-hybridized carbons (Fsp3) is 0.655. The van der Waals surface area contributed by atoms with Crippen LogP contribution in [0.25, 0.3) is 0 Å². The van der Waals surface area contributed by atoms with Crippen LogP contribution in [0.2, 0.25) is 0 Å². The number of anilines is 2. The smallest absolute Gasteiger partial charge is 0.876 e. The van der Waals surface area contributed by atoms with Crippen molar-refractivity contribution in [3.8, 4) is 0 Å². The number of rotatable bonds is 16. The normalized spacial score (nSPS) is 16.3. The Morgan fingerprint density at radius 3 is 2.00 bits per heavy atom. The van der Waals surface area contributed by atoms with E-state index < -0.39 is 23.6 Å². The second-order valence-corrected chi connectivity index (χ2v) is 10.2. The molecule has 0 N–H and O–H groups in total. The van der Waals surface area contributed by atoms with Crippen molar-refractivity contribution in [1.82, 2.24) is 0 Å². The van der Waals surface area contributed by atoms with Crippen molar-refractivity contribution in [2.24, 2.45) is 4.99 Å². The van der Waals surface area contributed by atoms with E-state index in [4.69, 9.17) is 0 Å². The first-order valence-electron chi connectivity index (χ1n) is 14.1. The van der Waals surface area contributed by atoms with Gasteiger partial charge in [0.25, 0.3) is 5.91 Å². The van der Waals surface area contributed by atoms with E-state index in [1.165, 1.54) is 89.5 Å². The molecule has 0 saturated carbocycles. The van der Waals surface area contributed by atoms with Crippen molar-refractivity contribution in [2.45, 2.75) is 109 Å². The molecule has 3 rings (SSSR count). The molecule has 5 nitrogen and oxygen atoms in total. The van der Waals surface area contributed by atoms with Crippen molar-refractivity contribution in [3.63, 3.8) is 0 Å². The number of amidine groups is 1. The van der Waals surface area contributed by atoms with E-state index in [0.29, 0.717) is 11.3 Å². The van der Waals surface area contributed by atoms with E-state index in [-0.39, 0.29) is 41.5 Å². The van der Waals surface area contributed by atoms with Gasteiger partial charge >= 0.3 is 35.7 Å². The molecule has 0 radical (unpaired) electrons. The van der Waals surface area contributed by atoms with Gasteiger partial charge in [-0.2, -0.15) is 13.2 Å². The van der Waals surface area contributed by atoms with Gasteiger partial charge in [-0.3, -0.25) is 9.69 Å². The van der Waals surface area contributed by atoms with Crippen LogP contribution in [0.5, 0.6) is 0 Å². The molecule has 0 spiro atoms. The molecule has 0 fully saturated rings. The maximum atomic E-state index is 13.4. The van der Waals surface area contributed by atoms with Crippen LogP contribution in [0, 0.1) is 0 Å². The predicted molar refractivity (Wildman–Crippen MR) is 142 cm³/mol. The first kappa shape index (κ1) is 32.7. The molecule has 0 atom stereocenters. The monoisotopic (exact) mass is 543 g/mol. The van der Waals surface area contributed by atoms with Gasteiger partial charge in [0.05, 0.1) is 5.69 Å². The SMILES string of the molecule is CCCCCCCCCCCCCCCCN1CCc2cc(N3C(=O)/C(=C\[O-])N=C3C(F)(F)F)ccc21.[Na+]. The number of hydrogen-bond donors (Lipinski definition) is 0. The Balaban J connectivity index is 0.00000507. The van der Waals surface area contributed by atoms with Crippen LogP contribution in [0.1, 0.15) is 102 Å². The van der Waals surface area contributed by atoms with Crippen LogP contribution in [0.4, 0.5) is 24.5 Å². The molecule has 2 aliphatic rings. The summed E-state index contributed by atoms with van der Waals surface area (Å²) in [6.07, 6.45) is 14.3. The summed E-state index contributed by atoms with van der Waals surface area (Å²) in [5, 5.41) is 11.0. The molecule has 1 aromatic carbocycles. The minimum atomic E-state index is -4.83. The Morgan fingerprint density at radius 2 is 1.47 bits per heavy atom. The van der Waals surface area contributed by atoms with Gasteiger partial charge in [-0.25, -0.2) is 4.99 Å². The molecular formula is C29H41F3N3NaO2. The maximum Gasteiger partial charge on any atom is 1.00 e. The average molecular weight is 544 g/mol. The van der Waals surface area contributed by atoms with Gasteiger partial charge in [0.1, 0.15) is 5.70 Å². The molecule has 38 heavy (non-hydrogen) atoms. The summed E-state index contributed by atoms with van der Waals surface area (Å²) >= 11 is 0. The van der Waals surface area contributed by atoms with Gasteiger partial charge in [-0.1, -0.05) is 90.4 Å². The van der Waals surface area contributed by atoms with Crippen LogP contribution in [-0.4, -0.2) is 31.0 Å². The summed E-state index contributed by atoms with van der Waals surface area (Å²) in [5.74, 6) is -2.41. The number of carbonyl (C=O) groups excluding carboxylic acids is 1. The first-order chi connectivity index (χ1) is 17.9. The second-order valence-electron chi connectivity index (χ2n) is 10.2. The zero-order chi connectivity index (χ0) is 26.7. The van der Waals surface area contributed by atoms with E-state index in [1.807, 2.05) is 0 Å². The molecule has 2 aliphatic heterocycles. The average Bonchev–Trinajstić information content (AvgIpc) is 3.44. The summed E-state index contributed by atoms with van der Waals surface area (Å²) in [5.41, 5.74) is 1.29. The molecule has 0 aromatic heterocycles. The minimum Gasteiger partial charge on any atom is -0.876 e. The second kappa shape index (κ2) is 16.6. The van der Waals surface area contributed by atoms with E-state index in [1.54, 1.807) is 12.1 Å². The number of fused-ring (bicyclic) bond motifs is 1. The van der Waals surface area contributed by atoms with E-state index in [0.717, 1.165) is 30.8 Å². The fourth-order valence-corrected chi connectivity index (χ4v) is 5.25.